The van der Waals surface area contributed by atoms with Gasteiger partial charge in [-0.25, -0.2) is 0 Å². The Hall–Kier alpha value is -1.04. The Balaban J connectivity index is 3.65. The van der Waals surface area contributed by atoms with Crippen molar-refractivity contribution >= 4 is 0 Å². The normalized spacial score (nSPS) is 11.2. The first-order chi connectivity index (χ1) is 7.06. The summed E-state index contributed by atoms with van der Waals surface area (Å²) in [5, 5.41) is 0. The number of rotatable bonds is 8. The van der Waals surface area contributed by atoms with Crippen LogP contribution in [0, 0.1) is 0 Å². The zero-order chi connectivity index (χ0) is 11.7. The van der Waals surface area contributed by atoms with Gasteiger partial charge in [0, 0.05) is 0 Å². The number of hydrogen-bond donors (Lipinski definition) is 0. The van der Waals surface area contributed by atoms with Crippen LogP contribution in [-0.4, -0.2) is 0 Å². The van der Waals surface area contributed by atoms with Crippen LogP contribution in [0.25, 0.3) is 0 Å². The average molecular weight is 204 g/mol. The lowest BCUT2D eigenvalue weighted by molar-refractivity contribution is 0.799. The zero-order valence-electron chi connectivity index (χ0n) is 10.3. The van der Waals surface area contributed by atoms with Crippen LogP contribution < -0.4 is 0 Å². The van der Waals surface area contributed by atoms with Gasteiger partial charge in [-0.1, -0.05) is 42.0 Å². The highest BCUT2D eigenvalue weighted by Gasteiger charge is 1.92. The second kappa shape index (κ2) is 8.28. The van der Waals surface area contributed by atoms with Gasteiger partial charge in [0.2, 0.25) is 0 Å². The lowest BCUT2D eigenvalue weighted by atomic mass is 10.0. The molecule has 0 unspecified atom stereocenters. The van der Waals surface area contributed by atoms with Gasteiger partial charge in [0.15, 0.2) is 0 Å². The van der Waals surface area contributed by atoms with Crippen LogP contribution >= 0.6 is 0 Å². The van der Waals surface area contributed by atoms with Crippen molar-refractivity contribution in [3.63, 3.8) is 0 Å². The fraction of sp³-hybridized carbons (Fsp3) is 0.467. The minimum atomic E-state index is 1.03. The van der Waals surface area contributed by atoms with E-state index in [0.717, 1.165) is 24.8 Å². The van der Waals surface area contributed by atoms with Gasteiger partial charge in [0.05, 0.1) is 0 Å². The Labute approximate surface area is 95.1 Å². The smallest absolute Gasteiger partial charge is 0.0250 e. The van der Waals surface area contributed by atoms with Crippen LogP contribution in [0.3, 0.4) is 0 Å². The summed E-state index contributed by atoms with van der Waals surface area (Å²) in [5.74, 6) is 0. The Morgan fingerprint density at radius 3 is 2.27 bits per heavy atom. The molecule has 0 heterocycles. The molecule has 0 radical (unpaired) electrons. The van der Waals surface area contributed by atoms with Gasteiger partial charge in [-0.05, 0) is 46.0 Å². The van der Waals surface area contributed by atoms with Crippen molar-refractivity contribution in [1.82, 2.24) is 0 Å². The highest BCUT2D eigenvalue weighted by Crippen LogP contribution is 2.12. The van der Waals surface area contributed by atoms with E-state index >= 15 is 0 Å². The highest BCUT2D eigenvalue weighted by atomic mass is 14.0. The monoisotopic (exact) mass is 204 g/mol. The van der Waals surface area contributed by atoms with E-state index in [2.05, 4.69) is 39.7 Å². The van der Waals surface area contributed by atoms with Crippen molar-refractivity contribution in [3.8, 4) is 0 Å². The second-order valence-electron chi connectivity index (χ2n) is 4.26. The van der Waals surface area contributed by atoms with Crippen LogP contribution in [0.15, 0.2) is 48.6 Å². The number of hydrogen-bond acceptors (Lipinski definition) is 0. The summed E-state index contributed by atoms with van der Waals surface area (Å²) >= 11 is 0. The summed E-state index contributed by atoms with van der Waals surface area (Å²) in [6.45, 7) is 15.8. The minimum absolute atomic E-state index is 1.03. The van der Waals surface area contributed by atoms with Gasteiger partial charge < -0.3 is 0 Å². The first kappa shape index (κ1) is 14.0. The molecule has 15 heavy (non-hydrogen) atoms. The van der Waals surface area contributed by atoms with Gasteiger partial charge in [-0.15, -0.1) is 6.58 Å². The Morgan fingerprint density at radius 2 is 1.73 bits per heavy atom. The SMILES string of the molecule is C=CC(=C)CCC=C(C)CCCC(=C)C. The van der Waals surface area contributed by atoms with Gasteiger partial charge in [-0.2, -0.15) is 0 Å². The first-order valence-corrected chi connectivity index (χ1v) is 5.66. The summed E-state index contributed by atoms with van der Waals surface area (Å²) in [5.41, 5.74) is 3.89. The first-order valence-electron chi connectivity index (χ1n) is 5.66. The largest absolute Gasteiger partial charge is 0.100 e. The fourth-order valence-electron chi connectivity index (χ4n) is 1.38. The van der Waals surface area contributed by atoms with E-state index in [1.165, 1.54) is 24.0 Å². The van der Waals surface area contributed by atoms with Crippen molar-refractivity contribution in [1.29, 1.82) is 0 Å². The fourth-order valence-corrected chi connectivity index (χ4v) is 1.38. The molecular weight excluding hydrogens is 180 g/mol. The van der Waals surface area contributed by atoms with E-state index in [1.807, 2.05) is 6.08 Å². The molecule has 0 saturated carbocycles. The average Bonchev–Trinajstić information content (AvgIpc) is 2.17. The molecule has 0 fully saturated rings. The minimum Gasteiger partial charge on any atom is -0.100 e. The van der Waals surface area contributed by atoms with E-state index in [9.17, 15) is 0 Å². The van der Waals surface area contributed by atoms with E-state index in [-0.39, 0.29) is 0 Å². The quantitative estimate of drug-likeness (QED) is 0.376. The maximum atomic E-state index is 3.91. The molecule has 0 heteroatoms. The number of allylic oxidation sites excluding steroid dienone is 5. The lowest BCUT2D eigenvalue weighted by Gasteiger charge is -2.02. The maximum absolute atomic E-state index is 3.91. The summed E-state index contributed by atoms with van der Waals surface area (Å²) in [7, 11) is 0. The molecule has 0 aromatic heterocycles. The molecule has 0 rings (SSSR count). The van der Waals surface area contributed by atoms with E-state index in [4.69, 9.17) is 0 Å². The molecule has 0 saturated heterocycles. The van der Waals surface area contributed by atoms with Crippen LogP contribution in [-0.2, 0) is 0 Å². The topological polar surface area (TPSA) is 0 Å². The van der Waals surface area contributed by atoms with Gasteiger partial charge in [-0.3, -0.25) is 0 Å². The highest BCUT2D eigenvalue weighted by molar-refractivity contribution is 5.12. The van der Waals surface area contributed by atoms with Crippen LogP contribution in [0.4, 0.5) is 0 Å². The molecule has 0 aromatic rings. The van der Waals surface area contributed by atoms with Crippen molar-refractivity contribution in [3.05, 3.63) is 48.6 Å². The van der Waals surface area contributed by atoms with E-state index in [0.29, 0.717) is 0 Å². The summed E-state index contributed by atoms with van der Waals surface area (Å²) in [6.07, 6.45) is 9.82. The van der Waals surface area contributed by atoms with E-state index < -0.39 is 0 Å². The molecule has 0 atom stereocenters. The van der Waals surface area contributed by atoms with Crippen LogP contribution in [0.5, 0.6) is 0 Å². The predicted octanol–water partition coefficient (Wildman–Crippen LogP) is 5.20. The summed E-state index contributed by atoms with van der Waals surface area (Å²) < 4.78 is 0. The molecule has 0 spiro atoms. The Kier molecular flexibility index (Phi) is 7.71. The molecule has 0 amide bonds. The molecule has 0 N–H and O–H groups in total. The summed E-state index contributed by atoms with van der Waals surface area (Å²) in [6, 6.07) is 0. The molecule has 0 aliphatic rings. The van der Waals surface area contributed by atoms with Gasteiger partial charge in [0.25, 0.3) is 0 Å². The molecule has 0 bridgehead atoms. The third kappa shape index (κ3) is 9.27. The Morgan fingerprint density at radius 1 is 1.07 bits per heavy atom. The van der Waals surface area contributed by atoms with Crippen molar-refractivity contribution in [2.24, 2.45) is 0 Å². The third-order valence-electron chi connectivity index (χ3n) is 2.42. The maximum Gasteiger partial charge on any atom is -0.0250 e. The van der Waals surface area contributed by atoms with Crippen molar-refractivity contribution in [2.75, 3.05) is 0 Å². The van der Waals surface area contributed by atoms with Gasteiger partial charge in [0.1, 0.15) is 0 Å². The Bertz CT molecular complexity index is 253. The second-order valence-corrected chi connectivity index (χ2v) is 4.26. The van der Waals surface area contributed by atoms with Crippen molar-refractivity contribution in [2.45, 2.75) is 46.0 Å². The van der Waals surface area contributed by atoms with Crippen molar-refractivity contribution < 1.29 is 0 Å². The van der Waals surface area contributed by atoms with Gasteiger partial charge >= 0.3 is 0 Å². The predicted molar refractivity (Wildman–Crippen MR) is 71.0 cm³/mol. The molecule has 0 aliphatic carbocycles. The molecule has 0 aromatic carbocycles. The lowest BCUT2D eigenvalue weighted by Crippen LogP contribution is -1.82. The molecule has 0 aliphatic heterocycles. The van der Waals surface area contributed by atoms with Crippen LogP contribution in [0.1, 0.15) is 46.0 Å². The van der Waals surface area contributed by atoms with Crippen LogP contribution in [0.2, 0.25) is 0 Å². The zero-order valence-corrected chi connectivity index (χ0v) is 10.3. The molecule has 84 valence electrons. The standard InChI is InChI=1S/C15H24/c1-6-14(4)10-8-12-15(5)11-7-9-13(2)3/h6,12H,1-2,4,7-11H2,3,5H3. The summed E-state index contributed by atoms with van der Waals surface area (Å²) in [4.78, 5) is 0. The third-order valence-corrected chi connectivity index (χ3v) is 2.42. The van der Waals surface area contributed by atoms with E-state index in [1.54, 1.807) is 0 Å². The molecule has 0 nitrogen and oxygen atoms in total. The molecular formula is C15H24.